The lowest BCUT2D eigenvalue weighted by atomic mass is 10.1. The Kier molecular flexibility index (Phi) is 5.26. The second-order valence-electron chi connectivity index (χ2n) is 6.19. The van der Waals surface area contributed by atoms with Crippen LogP contribution in [-0.2, 0) is 0 Å². The van der Waals surface area contributed by atoms with Crippen molar-refractivity contribution in [2.24, 2.45) is 0 Å². The maximum Gasteiger partial charge on any atom is 0.235 e. The van der Waals surface area contributed by atoms with E-state index < -0.39 is 0 Å². The van der Waals surface area contributed by atoms with Crippen molar-refractivity contribution in [1.82, 2.24) is 0 Å². The summed E-state index contributed by atoms with van der Waals surface area (Å²) in [6, 6.07) is 10.4. The zero-order valence-corrected chi connectivity index (χ0v) is 16.0. The second kappa shape index (κ2) is 7.61. The van der Waals surface area contributed by atoms with Gasteiger partial charge in [0.2, 0.25) is 11.2 Å². The molecule has 0 radical (unpaired) electrons. The Morgan fingerprint density at radius 1 is 0.889 bits per heavy atom. The van der Waals surface area contributed by atoms with Gasteiger partial charge in [0.15, 0.2) is 17.3 Å². The first kappa shape index (κ1) is 18.6. The molecule has 3 aromatic rings. The van der Waals surface area contributed by atoms with E-state index in [0.717, 1.165) is 0 Å². The number of benzene rings is 2. The Balaban J connectivity index is 2.30. The molecule has 0 N–H and O–H groups in total. The molecule has 0 spiro atoms. The molecule has 0 saturated carbocycles. The Morgan fingerprint density at radius 2 is 1.63 bits per heavy atom. The SMILES string of the molecule is COc1ccc2c(=O)c(OC(C)C)c(-c3ccc(OC)c(OC)c3)oc2c1. The number of ether oxygens (including phenoxy) is 4. The molecule has 6 heteroatoms. The number of methoxy groups -OCH3 is 3. The third-order valence-electron chi connectivity index (χ3n) is 4.06. The molecule has 0 fully saturated rings. The molecule has 2 aromatic carbocycles. The fourth-order valence-corrected chi connectivity index (χ4v) is 2.79. The van der Waals surface area contributed by atoms with Gasteiger partial charge in [-0.05, 0) is 44.2 Å². The van der Waals surface area contributed by atoms with E-state index in [0.29, 0.717) is 39.5 Å². The number of hydrogen-bond acceptors (Lipinski definition) is 6. The highest BCUT2D eigenvalue weighted by Crippen LogP contribution is 2.37. The Bertz CT molecular complexity index is 1020. The first-order valence-electron chi connectivity index (χ1n) is 8.52. The number of rotatable bonds is 6. The van der Waals surface area contributed by atoms with Crippen molar-refractivity contribution in [1.29, 1.82) is 0 Å². The van der Waals surface area contributed by atoms with E-state index >= 15 is 0 Å². The minimum Gasteiger partial charge on any atom is -0.497 e. The van der Waals surface area contributed by atoms with Gasteiger partial charge in [0, 0.05) is 11.6 Å². The van der Waals surface area contributed by atoms with Crippen molar-refractivity contribution >= 4 is 11.0 Å². The predicted octanol–water partition coefficient (Wildman–Crippen LogP) is 4.27. The van der Waals surface area contributed by atoms with Crippen LogP contribution in [0.5, 0.6) is 23.0 Å². The molecule has 1 heterocycles. The average molecular weight is 370 g/mol. The summed E-state index contributed by atoms with van der Waals surface area (Å²) in [5, 5.41) is 0.427. The van der Waals surface area contributed by atoms with Gasteiger partial charge in [-0.1, -0.05) is 0 Å². The monoisotopic (exact) mass is 370 g/mol. The fourth-order valence-electron chi connectivity index (χ4n) is 2.79. The summed E-state index contributed by atoms with van der Waals surface area (Å²) in [6.45, 7) is 3.71. The average Bonchev–Trinajstić information content (AvgIpc) is 2.68. The van der Waals surface area contributed by atoms with Crippen molar-refractivity contribution in [2.75, 3.05) is 21.3 Å². The molecule has 6 nitrogen and oxygen atoms in total. The van der Waals surface area contributed by atoms with Gasteiger partial charge in [0.1, 0.15) is 11.3 Å². The molecule has 1 aromatic heterocycles. The zero-order chi connectivity index (χ0) is 19.6. The molecule has 0 aliphatic rings. The molecule has 0 bridgehead atoms. The second-order valence-corrected chi connectivity index (χ2v) is 6.19. The van der Waals surface area contributed by atoms with Crippen LogP contribution in [0.4, 0.5) is 0 Å². The maximum atomic E-state index is 13.1. The minimum absolute atomic E-state index is 0.162. The molecule has 0 aliphatic carbocycles. The summed E-state index contributed by atoms with van der Waals surface area (Å²) < 4.78 is 27.8. The van der Waals surface area contributed by atoms with Gasteiger partial charge in [0.25, 0.3) is 0 Å². The summed E-state index contributed by atoms with van der Waals surface area (Å²) in [5.74, 6) is 2.20. The summed E-state index contributed by atoms with van der Waals surface area (Å²) in [4.78, 5) is 13.1. The first-order chi connectivity index (χ1) is 13.0. The predicted molar refractivity (Wildman–Crippen MR) is 103 cm³/mol. The van der Waals surface area contributed by atoms with Crippen LogP contribution in [0, 0.1) is 0 Å². The molecule has 142 valence electrons. The van der Waals surface area contributed by atoms with E-state index in [1.807, 2.05) is 13.8 Å². The zero-order valence-electron chi connectivity index (χ0n) is 16.0. The van der Waals surface area contributed by atoms with Crippen LogP contribution in [0.2, 0.25) is 0 Å². The van der Waals surface area contributed by atoms with Crippen molar-refractivity contribution in [2.45, 2.75) is 20.0 Å². The Labute approximate surface area is 157 Å². The highest BCUT2D eigenvalue weighted by atomic mass is 16.5. The van der Waals surface area contributed by atoms with Gasteiger partial charge in [-0.2, -0.15) is 0 Å². The quantitative estimate of drug-likeness (QED) is 0.645. The largest absolute Gasteiger partial charge is 0.497 e. The lowest BCUT2D eigenvalue weighted by Crippen LogP contribution is -2.15. The third kappa shape index (κ3) is 3.56. The maximum absolute atomic E-state index is 13.1. The van der Waals surface area contributed by atoms with Gasteiger partial charge >= 0.3 is 0 Å². The minimum atomic E-state index is -0.239. The first-order valence-corrected chi connectivity index (χ1v) is 8.52. The third-order valence-corrected chi connectivity index (χ3v) is 4.06. The van der Waals surface area contributed by atoms with Gasteiger partial charge < -0.3 is 23.4 Å². The van der Waals surface area contributed by atoms with Gasteiger partial charge in [-0.3, -0.25) is 4.79 Å². The highest BCUT2D eigenvalue weighted by Gasteiger charge is 2.20. The van der Waals surface area contributed by atoms with Crippen molar-refractivity contribution < 1.29 is 23.4 Å². The van der Waals surface area contributed by atoms with Crippen LogP contribution in [0.1, 0.15) is 13.8 Å². The van der Waals surface area contributed by atoms with Crippen LogP contribution in [0.3, 0.4) is 0 Å². The molecule has 0 unspecified atom stereocenters. The van der Waals surface area contributed by atoms with E-state index in [2.05, 4.69) is 0 Å². The lowest BCUT2D eigenvalue weighted by molar-refractivity contribution is 0.236. The molecule has 3 rings (SSSR count). The summed E-state index contributed by atoms with van der Waals surface area (Å²) >= 11 is 0. The van der Waals surface area contributed by atoms with Crippen molar-refractivity contribution in [3.8, 4) is 34.3 Å². The molecule has 27 heavy (non-hydrogen) atoms. The van der Waals surface area contributed by atoms with Crippen LogP contribution in [-0.4, -0.2) is 27.4 Å². The van der Waals surface area contributed by atoms with E-state index in [1.165, 1.54) is 0 Å². The van der Waals surface area contributed by atoms with Crippen LogP contribution in [0.15, 0.2) is 45.6 Å². The van der Waals surface area contributed by atoms with Crippen molar-refractivity contribution in [3.63, 3.8) is 0 Å². The Hall–Kier alpha value is -3.15. The van der Waals surface area contributed by atoms with Crippen molar-refractivity contribution in [3.05, 3.63) is 46.6 Å². The normalized spacial score (nSPS) is 10.9. The smallest absolute Gasteiger partial charge is 0.235 e. The fraction of sp³-hybridized carbons (Fsp3) is 0.286. The van der Waals surface area contributed by atoms with Crippen LogP contribution in [0.25, 0.3) is 22.3 Å². The highest BCUT2D eigenvalue weighted by molar-refractivity contribution is 5.83. The van der Waals surface area contributed by atoms with E-state index in [1.54, 1.807) is 57.7 Å². The number of fused-ring (bicyclic) bond motifs is 1. The van der Waals surface area contributed by atoms with E-state index in [9.17, 15) is 4.79 Å². The topological polar surface area (TPSA) is 67.1 Å². The summed E-state index contributed by atoms with van der Waals surface area (Å²) in [6.07, 6.45) is -0.192. The van der Waals surface area contributed by atoms with E-state index in [4.69, 9.17) is 23.4 Å². The van der Waals surface area contributed by atoms with Crippen LogP contribution >= 0.6 is 0 Å². The standard InChI is InChI=1S/C21H22O6/c1-12(2)26-21-19(22)15-8-7-14(23-3)11-17(15)27-20(21)13-6-9-16(24-4)18(10-13)25-5/h6-12H,1-5H3. The van der Waals surface area contributed by atoms with Crippen LogP contribution < -0.4 is 24.4 Å². The molecule has 0 saturated heterocycles. The Morgan fingerprint density at radius 3 is 2.26 bits per heavy atom. The molecular formula is C21H22O6. The molecule has 0 aliphatic heterocycles. The van der Waals surface area contributed by atoms with Gasteiger partial charge in [0.05, 0.1) is 32.8 Å². The lowest BCUT2D eigenvalue weighted by Gasteiger charge is -2.15. The van der Waals surface area contributed by atoms with Gasteiger partial charge in [-0.15, -0.1) is 0 Å². The summed E-state index contributed by atoms with van der Waals surface area (Å²) in [5.41, 5.74) is 0.822. The van der Waals surface area contributed by atoms with E-state index in [-0.39, 0.29) is 17.3 Å². The van der Waals surface area contributed by atoms with Gasteiger partial charge in [-0.25, -0.2) is 0 Å². The molecule has 0 atom stereocenters. The summed E-state index contributed by atoms with van der Waals surface area (Å²) in [7, 11) is 4.67. The molecular weight excluding hydrogens is 348 g/mol. The number of hydrogen-bond donors (Lipinski definition) is 0. The molecule has 0 amide bonds.